The molecule has 4 rings (SSSR count). The zero-order chi connectivity index (χ0) is 16.7. The second-order valence-corrected chi connectivity index (χ2v) is 7.09. The van der Waals surface area contributed by atoms with Crippen LogP contribution in [0.5, 0.6) is 0 Å². The normalized spacial score (nSPS) is 24.2. The lowest BCUT2D eigenvalue weighted by atomic mass is 9.86. The number of nitrogens with zero attached hydrogens (tertiary/aromatic N) is 4. The molecule has 0 saturated carbocycles. The fourth-order valence-corrected chi connectivity index (χ4v) is 4.02. The second-order valence-electron chi connectivity index (χ2n) is 7.09. The van der Waals surface area contributed by atoms with Crippen LogP contribution in [0.1, 0.15) is 23.3 Å². The number of carbonyl (C=O) groups is 1. The van der Waals surface area contributed by atoms with Crippen molar-refractivity contribution in [3.63, 3.8) is 0 Å². The Morgan fingerprint density at radius 3 is 2.62 bits per heavy atom. The van der Waals surface area contributed by atoms with Crippen molar-refractivity contribution in [1.29, 1.82) is 0 Å². The first-order valence-corrected chi connectivity index (χ1v) is 8.32. The van der Waals surface area contributed by atoms with Crippen molar-refractivity contribution in [3.8, 4) is 5.69 Å². The van der Waals surface area contributed by atoms with Gasteiger partial charge in [0.1, 0.15) is 11.5 Å². The third-order valence-electron chi connectivity index (χ3n) is 5.32. The highest BCUT2D eigenvalue weighted by atomic mass is 19.1. The van der Waals surface area contributed by atoms with Crippen LogP contribution in [0.15, 0.2) is 36.8 Å². The summed E-state index contributed by atoms with van der Waals surface area (Å²) in [5.41, 5.74) is 1.53. The number of carbonyl (C=O) groups excluding carboxylic acids is 1. The predicted molar refractivity (Wildman–Crippen MR) is 88.6 cm³/mol. The van der Waals surface area contributed by atoms with E-state index in [2.05, 4.69) is 16.9 Å². The minimum absolute atomic E-state index is 0.00301. The van der Waals surface area contributed by atoms with Crippen molar-refractivity contribution in [2.24, 2.45) is 5.41 Å². The first kappa shape index (κ1) is 15.3. The highest BCUT2D eigenvalue weighted by Crippen LogP contribution is 2.39. The fourth-order valence-electron chi connectivity index (χ4n) is 4.02. The maximum atomic E-state index is 13.1. The van der Waals surface area contributed by atoms with Crippen molar-refractivity contribution in [2.45, 2.75) is 12.8 Å². The molecule has 1 amide bonds. The van der Waals surface area contributed by atoms with Crippen LogP contribution in [0.4, 0.5) is 4.39 Å². The molecule has 126 valence electrons. The van der Waals surface area contributed by atoms with E-state index < -0.39 is 0 Å². The van der Waals surface area contributed by atoms with Gasteiger partial charge in [0.05, 0.1) is 12.5 Å². The van der Waals surface area contributed by atoms with Gasteiger partial charge in [-0.2, -0.15) is 0 Å². The number of hydrogen-bond acceptors (Lipinski definition) is 3. The standard InChI is InChI=1S/C18H21FN4O/c1-21-8-6-18(11-21)7-9-22(12-18)17(24)16-10-20-13-23(16)15-4-2-14(19)3-5-15/h2-5,10,13H,6-9,11-12H2,1H3. The molecular formula is C18H21FN4O. The van der Waals surface area contributed by atoms with Crippen molar-refractivity contribution in [3.05, 3.63) is 48.3 Å². The summed E-state index contributed by atoms with van der Waals surface area (Å²) in [4.78, 5) is 21.4. The molecule has 5 nitrogen and oxygen atoms in total. The Kier molecular flexibility index (Phi) is 3.64. The molecule has 6 heteroatoms. The summed E-state index contributed by atoms with van der Waals surface area (Å²) < 4.78 is 14.9. The SMILES string of the molecule is CN1CCC2(CCN(C(=O)c3cncn3-c3ccc(F)cc3)C2)C1. The topological polar surface area (TPSA) is 41.4 Å². The molecule has 0 aliphatic carbocycles. The quantitative estimate of drug-likeness (QED) is 0.848. The van der Waals surface area contributed by atoms with Crippen LogP contribution < -0.4 is 0 Å². The van der Waals surface area contributed by atoms with Gasteiger partial charge in [-0.1, -0.05) is 0 Å². The van der Waals surface area contributed by atoms with Gasteiger partial charge >= 0.3 is 0 Å². The molecule has 1 unspecified atom stereocenters. The monoisotopic (exact) mass is 328 g/mol. The molecule has 1 aromatic heterocycles. The third kappa shape index (κ3) is 2.60. The van der Waals surface area contributed by atoms with Crippen molar-refractivity contribution in [2.75, 3.05) is 33.2 Å². The van der Waals surface area contributed by atoms with Crippen LogP contribution in [0.2, 0.25) is 0 Å². The van der Waals surface area contributed by atoms with Crippen LogP contribution in [0.3, 0.4) is 0 Å². The molecule has 1 atom stereocenters. The molecule has 0 radical (unpaired) electrons. The Bertz CT molecular complexity index is 757. The van der Waals surface area contributed by atoms with E-state index in [1.54, 1.807) is 29.2 Å². The van der Waals surface area contributed by atoms with Gasteiger partial charge in [-0.15, -0.1) is 0 Å². The van der Waals surface area contributed by atoms with Crippen molar-refractivity contribution < 1.29 is 9.18 Å². The summed E-state index contributed by atoms with van der Waals surface area (Å²) in [6.45, 7) is 3.77. The minimum atomic E-state index is -0.293. The van der Waals surface area contributed by atoms with Crippen LogP contribution in [0, 0.1) is 11.2 Å². The first-order valence-electron chi connectivity index (χ1n) is 8.32. The lowest BCUT2D eigenvalue weighted by molar-refractivity contribution is 0.0766. The summed E-state index contributed by atoms with van der Waals surface area (Å²) in [7, 11) is 2.14. The van der Waals surface area contributed by atoms with Gasteiger partial charge in [0.15, 0.2) is 0 Å². The zero-order valence-corrected chi connectivity index (χ0v) is 13.8. The number of rotatable bonds is 2. The number of benzene rings is 1. The maximum absolute atomic E-state index is 13.1. The van der Waals surface area contributed by atoms with Crippen LogP contribution in [-0.2, 0) is 0 Å². The summed E-state index contributed by atoms with van der Waals surface area (Å²) in [6, 6.07) is 6.10. The first-order chi connectivity index (χ1) is 11.6. The van der Waals surface area contributed by atoms with E-state index in [0.717, 1.165) is 44.7 Å². The second kappa shape index (κ2) is 5.70. The van der Waals surface area contributed by atoms with Gasteiger partial charge in [0.25, 0.3) is 5.91 Å². The Hall–Kier alpha value is -2.21. The van der Waals surface area contributed by atoms with E-state index in [1.807, 2.05) is 4.90 Å². The Labute approximate surface area is 140 Å². The van der Waals surface area contributed by atoms with Gasteiger partial charge in [-0.3, -0.25) is 9.36 Å². The molecule has 2 aliphatic heterocycles. The molecule has 2 saturated heterocycles. The Morgan fingerprint density at radius 1 is 1.17 bits per heavy atom. The molecule has 0 N–H and O–H groups in total. The Morgan fingerprint density at radius 2 is 1.92 bits per heavy atom. The molecule has 2 aliphatic rings. The molecule has 2 fully saturated rings. The van der Waals surface area contributed by atoms with Crippen molar-refractivity contribution in [1.82, 2.24) is 19.4 Å². The molecule has 24 heavy (non-hydrogen) atoms. The van der Waals surface area contributed by atoms with E-state index in [-0.39, 0.29) is 17.1 Å². The number of imidazole rings is 1. The molecule has 0 bridgehead atoms. The Balaban J connectivity index is 1.56. The average molecular weight is 328 g/mol. The molecular weight excluding hydrogens is 307 g/mol. The highest BCUT2D eigenvalue weighted by Gasteiger charge is 2.44. The van der Waals surface area contributed by atoms with Gasteiger partial charge in [0, 0.05) is 30.7 Å². The lowest BCUT2D eigenvalue weighted by Gasteiger charge is -2.24. The van der Waals surface area contributed by atoms with E-state index in [0.29, 0.717) is 5.69 Å². The lowest BCUT2D eigenvalue weighted by Crippen LogP contribution is -2.34. The largest absolute Gasteiger partial charge is 0.337 e. The number of aromatic nitrogens is 2. The smallest absolute Gasteiger partial charge is 0.272 e. The molecule has 1 spiro atoms. The van der Waals surface area contributed by atoms with E-state index in [9.17, 15) is 9.18 Å². The average Bonchev–Trinajstić information content (AvgIpc) is 3.29. The van der Waals surface area contributed by atoms with E-state index >= 15 is 0 Å². The predicted octanol–water partition coefficient (Wildman–Crippen LogP) is 2.18. The van der Waals surface area contributed by atoms with E-state index in [4.69, 9.17) is 0 Å². The van der Waals surface area contributed by atoms with Crippen LogP contribution >= 0.6 is 0 Å². The number of hydrogen-bond donors (Lipinski definition) is 0. The number of halogens is 1. The fraction of sp³-hybridized carbons (Fsp3) is 0.444. The summed E-state index contributed by atoms with van der Waals surface area (Å²) >= 11 is 0. The van der Waals surface area contributed by atoms with Crippen molar-refractivity contribution >= 4 is 5.91 Å². The highest BCUT2D eigenvalue weighted by molar-refractivity contribution is 5.93. The maximum Gasteiger partial charge on any atom is 0.272 e. The zero-order valence-electron chi connectivity index (χ0n) is 13.8. The van der Waals surface area contributed by atoms with Crippen LogP contribution in [-0.4, -0.2) is 58.5 Å². The minimum Gasteiger partial charge on any atom is -0.337 e. The van der Waals surface area contributed by atoms with Gasteiger partial charge in [-0.05, 0) is 50.7 Å². The van der Waals surface area contributed by atoms with E-state index in [1.165, 1.54) is 12.1 Å². The van der Waals surface area contributed by atoms with Gasteiger partial charge in [-0.25, -0.2) is 9.37 Å². The number of amides is 1. The molecule has 1 aromatic carbocycles. The summed E-state index contributed by atoms with van der Waals surface area (Å²) in [5.74, 6) is -0.290. The summed E-state index contributed by atoms with van der Waals surface area (Å²) in [5, 5.41) is 0. The van der Waals surface area contributed by atoms with Gasteiger partial charge in [0.2, 0.25) is 0 Å². The third-order valence-corrected chi connectivity index (χ3v) is 5.32. The van der Waals surface area contributed by atoms with Crippen LogP contribution in [0.25, 0.3) is 5.69 Å². The summed E-state index contributed by atoms with van der Waals surface area (Å²) in [6.07, 6.45) is 5.42. The number of likely N-dealkylation sites (tertiary alicyclic amines) is 2. The molecule has 2 aromatic rings. The van der Waals surface area contributed by atoms with Gasteiger partial charge < -0.3 is 9.80 Å². The molecule has 3 heterocycles.